The molecule has 1 aliphatic rings. The number of rotatable bonds is 2. The van der Waals surface area contributed by atoms with Crippen molar-refractivity contribution in [3.05, 3.63) is 36.4 Å². The van der Waals surface area contributed by atoms with Gasteiger partial charge < -0.3 is 5.11 Å². The summed E-state index contributed by atoms with van der Waals surface area (Å²) >= 11 is 0. The van der Waals surface area contributed by atoms with Crippen LogP contribution in [0.1, 0.15) is 24.8 Å². The number of hydrogen-bond donors (Lipinski definition) is 1. The van der Waals surface area contributed by atoms with Crippen molar-refractivity contribution >= 4 is 5.57 Å². The molecule has 0 atom stereocenters. The SMILES string of the molecule is C=C(c1ccc(O)cc1)C1CCC1. The molecule has 0 radical (unpaired) electrons. The Bertz CT molecular complexity index is 306. The van der Waals surface area contributed by atoms with Gasteiger partial charge in [0.05, 0.1) is 0 Å². The molecule has 0 aliphatic heterocycles. The molecule has 1 heteroatoms. The zero-order valence-corrected chi connectivity index (χ0v) is 7.66. The van der Waals surface area contributed by atoms with Gasteiger partial charge in [-0.15, -0.1) is 0 Å². The molecule has 1 aromatic rings. The smallest absolute Gasteiger partial charge is 0.115 e. The predicted molar refractivity (Wildman–Crippen MR) is 54.5 cm³/mol. The lowest BCUT2D eigenvalue weighted by Crippen LogP contribution is -2.11. The molecule has 68 valence electrons. The van der Waals surface area contributed by atoms with E-state index in [-0.39, 0.29) is 0 Å². The van der Waals surface area contributed by atoms with Crippen LogP contribution >= 0.6 is 0 Å². The summed E-state index contributed by atoms with van der Waals surface area (Å²) in [5.74, 6) is 1.01. The maximum absolute atomic E-state index is 9.12. The predicted octanol–water partition coefficient (Wildman–Crippen LogP) is 3.21. The van der Waals surface area contributed by atoms with Gasteiger partial charge >= 0.3 is 0 Å². The highest BCUT2D eigenvalue weighted by Gasteiger charge is 2.20. The maximum atomic E-state index is 9.12. The topological polar surface area (TPSA) is 20.2 Å². The number of phenols is 1. The van der Waals surface area contributed by atoms with Crippen LogP contribution in [0.25, 0.3) is 5.57 Å². The van der Waals surface area contributed by atoms with Crippen LogP contribution in [-0.4, -0.2) is 5.11 Å². The number of aromatic hydroxyl groups is 1. The fraction of sp³-hybridized carbons (Fsp3) is 0.333. The van der Waals surface area contributed by atoms with E-state index in [0.29, 0.717) is 11.7 Å². The van der Waals surface area contributed by atoms with Crippen molar-refractivity contribution in [3.8, 4) is 5.75 Å². The maximum Gasteiger partial charge on any atom is 0.115 e. The van der Waals surface area contributed by atoms with Gasteiger partial charge in [0.2, 0.25) is 0 Å². The Morgan fingerprint density at radius 2 is 1.85 bits per heavy atom. The van der Waals surface area contributed by atoms with Crippen LogP contribution in [0.3, 0.4) is 0 Å². The molecular weight excluding hydrogens is 160 g/mol. The van der Waals surface area contributed by atoms with Gasteiger partial charge in [0, 0.05) is 0 Å². The Hall–Kier alpha value is -1.24. The second-order valence-electron chi connectivity index (χ2n) is 3.70. The molecule has 0 aromatic heterocycles. The Morgan fingerprint density at radius 3 is 2.31 bits per heavy atom. The molecule has 0 amide bonds. The van der Waals surface area contributed by atoms with Gasteiger partial charge in [0.15, 0.2) is 0 Å². The zero-order valence-electron chi connectivity index (χ0n) is 7.66. The fourth-order valence-electron chi connectivity index (χ4n) is 1.67. The molecule has 0 spiro atoms. The average molecular weight is 174 g/mol. The van der Waals surface area contributed by atoms with E-state index in [4.69, 9.17) is 5.11 Å². The van der Waals surface area contributed by atoms with E-state index in [1.54, 1.807) is 12.1 Å². The van der Waals surface area contributed by atoms with E-state index in [9.17, 15) is 0 Å². The third-order valence-electron chi connectivity index (χ3n) is 2.84. The van der Waals surface area contributed by atoms with E-state index in [0.717, 1.165) is 0 Å². The summed E-state index contributed by atoms with van der Waals surface area (Å²) in [4.78, 5) is 0. The zero-order chi connectivity index (χ0) is 9.26. The first-order valence-electron chi connectivity index (χ1n) is 4.75. The second-order valence-corrected chi connectivity index (χ2v) is 3.70. The number of allylic oxidation sites excluding steroid dienone is 1. The van der Waals surface area contributed by atoms with Gasteiger partial charge in [-0.05, 0) is 42.0 Å². The molecule has 0 bridgehead atoms. The van der Waals surface area contributed by atoms with Gasteiger partial charge in [0.1, 0.15) is 5.75 Å². The second kappa shape index (κ2) is 3.25. The van der Waals surface area contributed by atoms with Crippen molar-refractivity contribution in [2.45, 2.75) is 19.3 Å². The normalized spacial score (nSPS) is 16.6. The number of benzene rings is 1. The van der Waals surface area contributed by atoms with E-state index >= 15 is 0 Å². The molecule has 0 heterocycles. The summed E-state index contributed by atoms with van der Waals surface area (Å²) in [7, 11) is 0. The van der Waals surface area contributed by atoms with E-state index in [1.165, 1.54) is 30.4 Å². The molecule has 1 aromatic carbocycles. The number of hydrogen-bond acceptors (Lipinski definition) is 1. The average Bonchev–Trinajstić information content (AvgIpc) is 2.02. The molecule has 0 saturated heterocycles. The molecule has 2 rings (SSSR count). The van der Waals surface area contributed by atoms with Gasteiger partial charge in [-0.3, -0.25) is 0 Å². The molecule has 1 aliphatic carbocycles. The third-order valence-corrected chi connectivity index (χ3v) is 2.84. The highest BCUT2D eigenvalue weighted by molar-refractivity contribution is 5.66. The first kappa shape index (κ1) is 8.36. The molecule has 1 nitrogen and oxygen atoms in total. The minimum atomic E-state index is 0.324. The number of phenolic OH excluding ortho intramolecular Hbond substituents is 1. The molecular formula is C12H14O. The largest absolute Gasteiger partial charge is 0.508 e. The Kier molecular flexibility index (Phi) is 2.09. The minimum Gasteiger partial charge on any atom is -0.508 e. The van der Waals surface area contributed by atoms with Crippen molar-refractivity contribution in [1.82, 2.24) is 0 Å². The summed E-state index contributed by atoms with van der Waals surface area (Å²) in [6.07, 6.45) is 3.89. The van der Waals surface area contributed by atoms with Crippen LogP contribution in [0, 0.1) is 5.92 Å². The molecule has 1 N–H and O–H groups in total. The van der Waals surface area contributed by atoms with E-state index in [1.807, 2.05) is 12.1 Å². The van der Waals surface area contributed by atoms with Crippen LogP contribution in [0.2, 0.25) is 0 Å². The van der Waals surface area contributed by atoms with Crippen LogP contribution < -0.4 is 0 Å². The Morgan fingerprint density at radius 1 is 1.23 bits per heavy atom. The fourth-order valence-corrected chi connectivity index (χ4v) is 1.67. The summed E-state index contributed by atoms with van der Waals surface area (Å²) in [6.45, 7) is 4.09. The van der Waals surface area contributed by atoms with Crippen molar-refractivity contribution in [1.29, 1.82) is 0 Å². The summed E-state index contributed by atoms with van der Waals surface area (Å²) in [6, 6.07) is 7.32. The molecule has 13 heavy (non-hydrogen) atoms. The molecule has 1 fully saturated rings. The lowest BCUT2D eigenvalue weighted by atomic mass is 9.78. The highest BCUT2D eigenvalue weighted by Crippen LogP contribution is 2.37. The van der Waals surface area contributed by atoms with Gasteiger partial charge in [-0.2, -0.15) is 0 Å². The van der Waals surface area contributed by atoms with Crippen molar-refractivity contribution in [3.63, 3.8) is 0 Å². The van der Waals surface area contributed by atoms with Crippen molar-refractivity contribution < 1.29 is 5.11 Å². The Labute approximate surface area is 78.7 Å². The van der Waals surface area contributed by atoms with Gasteiger partial charge in [-0.1, -0.05) is 25.1 Å². The van der Waals surface area contributed by atoms with Gasteiger partial charge in [-0.25, -0.2) is 0 Å². The quantitative estimate of drug-likeness (QED) is 0.730. The van der Waals surface area contributed by atoms with Crippen molar-refractivity contribution in [2.24, 2.45) is 5.92 Å². The first-order chi connectivity index (χ1) is 6.27. The van der Waals surface area contributed by atoms with Crippen LogP contribution in [0.5, 0.6) is 5.75 Å². The summed E-state index contributed by atoms with van der Waals surface area (Å²) < 4.78 is 0. The van der Waals surface area contributed by atoms with Gasteiger partial charge in [0.25, 0.3) is 0 Å². The van der Waals surface area contributed by atoms with Crippen LogP contribution in [-0.2, 0) is 0 Å². The summed E-state index contributed by atoms with van der Waals surface area (Å²) in [5, 5.41) is 9.12. The minimum absolute atomic E-state index is 0.324. The van der Waals surface area contributed by atoms with E-state index in [2.05, 4.69) is 6.58 Å². The molecule has 0 unspecified atom stereocenters. The van der Waals surface area contributed by atoms with Crippen LogP contribution in [0.15, 0.2) is 30.8 Å². The molecule has 1 saturated carbocycles. The highest BCUT2D eigenvalue weighted by atomic mass is 16.3. The summed E-state index contributed by atoms with van der Waals surface area (Å²) in [5.41, 5.74) is 2.40. The van der Waals surface area contributed by atoms with E-state index < -0.39 is 0 Å². The Balaban J connectivity index is 2.15. The lowest BCUT2D eigenvalue weighted by Gasteiger charge is -2.27. The van der Waals surface area contributed by atoms with Crippen LogP contribution in [0.4, 0.5) is 0 Å². The first-order valence-corrected chi connectivity index (χ1v) is 4.75. The standard InChI is InChI=1S/C12H14O/c1-9(10-3-2-4-10)11-5-7-12(13)8-6-11/h5-8,10,13H,1-4H2. The third kappa shape index (κ3) is 1.59. The van der Waals surface area contributed by atoms with Crippen molar-refractivity contribution in [2.75, 3.05) is 0 Å². The monoisotopic (exact) mass is 174 g/mol. The lowest BCUT2D eigenvalue weighted by molar-refractivity contribution is 0.401.